The summed E-state index contributed by atoms with van der Waals surface area (Å²) in [6.45, 7) is 5.08. The van der Waals surface area contributed by atoms with Gasteiger partial charge in [0.25, 0.3) is 0 Å². The number of hydrogen-bond donors (Lipinski definition) is 1. The monoisotopic (exact) mass is 513 g/mol. The molecule has 0 heterocycles. The van der Waals surface area contributed by atoms with Crippen molar-refractivity contribution in [3.8, 4) is 0 Å². The van der Waals surface area contributed by atoms with E-state index in [0.29, 0.717) is 27.7 Å². The smallest absolute Gasteiger partial charge is 0.244 e. The minimum absolute atomic E-state index is 0.0616. The van der Waals surface area contributed by atoms with Crippen LogP contribution in [0.3, 0.4) is 0 Å². The first-order chi connectivity index (χ1) is 15.4. The molecule has 10 heteroatoms. The largest absolute Gasteiger partial charge is 0.357 e. The predicted molar refractivity (Wildman–Crippen MR) is 133 cm³/mol. The van der Waals surface area contributed by atoms with Crippen molar-refractivity contribution in [1.82, 2.24) is 10.2 Å². The van der Waals surface area contributed by atoms with Crippen LogP contribution in [0.2, 0.25) is 10.0 Å². The summed E-state index contributed by atoms with van der Waals surface area (Å²) in [5, 5.41) is 3.27. The molecule has 2 rings (SSSR count). The fourth-order valence-corrected chi connectivity index (χ4v) is 4.74. The summed E-state index contributed by atoms with van der Waals surface area (Å²) >= 11 is 12.1. The van der Waals surface area contributed by atoms with Crippen molar-refractivity contribution in [1.29, 1.82) is 0 Å². The van der Waals surface area contributed by atoms with Crippen molar-refractivity contribution in [2.45, 2.75) is 39.8 Å². The molecule has 0 saturated carbocycles. The van der Waals surface area contributed by atoms with Gasteiger partial charge in [0.2, 0.25) is 21.8 Å². The number of carbonyl (C=O) groups is 2. The lowest BCUT2D eigenvalue weighted by atomic mass is 10.1. The van der Waals surface area contributed by atoms with Gasteiger partial charge in [0.1, 0.15) is 12.6 Å². The van der Waals surface area contributed by atoms with E-state index in [1.807, 2.05) is 13.0 Å². The van der Waals surface area contributed by atoms with Gasteiger partial charge in [-0.2, -0.15) is 0 Å². The highest BCUT2D eigenvalue weighted by Crippen LogP contribution is 2.27. The number of sulfonamides is 1. The second-order valence-corrected chi connectivity index (χ2v) is 10.5. The third-order valence-electron chi connectivity index (χ3n) is 5.49. The summed E-state index contributed by atoms with van der Waals surface area (Å²) in [6, 6.07) is 9.43. The van der Waals surface area contributed by atoms with Gasteiger partial charge in [0.05, 0.1) is 22.0 Å². The van der Waals surface area contributed by atoms with Gasteiger partial charge in [-0.05, 0) is 55.2 Å². The maximum absolute atomic E-state index is 13.5. The Labute approximate surface area is 205 Å². The van der Waals surface area contributed by atoms with Crippen LogP contribution in [0, 0.1) is 13.8 Å². The molecule has 0 aliphatic rings. The minimum Gasteiger partial charge on any atom is -0.357 e. The average molecular weight is 514 g/mol. The van der Waals surface area contributed by atoms with Gasteiger partial charge in [0, 0.05) is 13.6 Å². The maximum Gasteiger partial charge on any atom is 0.244 e. The van der Waals surface area contributed by atoms with E-state index in [-0.39, 0.29) is 12.5 Å². The van der Waals surface area contributed by atoms with Gasteiger partial charge in [-0.15, -0.1) is 0 Å². The Hall–Kier alpha value is -2.29. The van der Waals surface area contributed by atoms with Crippen molar-refractivity contribution < 1.29 is 18.0 Å². The molecule has 0 aromatic heterocycles. The molecule has 1 N–H and O–H groups in total. The summed E-state index contributed by atoms with van der Waals surface area (Å²) in [6.07, 6.45) is 1.40. The quantitative estimate of drug-likeness (QED) is 0.550. The van der Waals surface area contributed by atoms with Gasteiger partial charge in [0.15, 0.2) is 0 Å². The minimum atomic E-state index is -3.78. The number of rotatable bonds is 9. The normalized spacial score (nSPS) is 12.2. The summed E-state index contributed by atoms with van der Waals surface area (Å²) in [7, 11) is -2.29. The van der Waals surface area contributed by atoms with E-state index in [9.17, 15) is 18.0 Å². The van der Waals surface area contributed by atoms with Crippen molar-refractivity contribution in [2.24, 2.45) is 0 Å². The second kappa shape index (κ2) is 11.2. The average Bonchev–Trinajstić information content (AvgIpc) is 2.75. The molecule has 0 fully saturated rings. The summed E-state index contributed by atoms with van der Waals surface area (Å²) < 4.78 is 26.4. The van der Waals surface area contributed by atoms with Gasteiger partial charge in [-0.3, -0.25) is 13.9 Å². The van der Waals surface area contributed by atoms with Crippen LogP contribution in [-0.4, -0.2) is 51.0 Å². The molecular weight excluding hydrogens is 485 g/mol. The number of amides is 2. The van der Waals surface area contributed by atoms with Crippen LogP contribution >= 0.6 is 23.2 Å². The van der Waals surface area contributed by atoms with Crippen LogP contribution in [0.25, 0.3) is 0 Å². The molecule has 0 radical (unpaired) electrons. The van der Waals surface area contributed by atoms with E-state index in [1.54, 1.807) is 44.2 Å². The first kappa shape index (κ1) is 27.0. The lowest BCUT2D eigenvalue weighted by Gasteiger charge is -2.33. The number of anilines is 1. The van der Waals surface area contributed by atoms with E-state index in [4.69, 9.17) is 23.2 Å². The van der Waals surface area contributed by atoms with Crippen molar-refractivity contribution in [3.05, 3.63) is 63.1 Å². The molecule has 0 aliphatic heterocycles. The van der Waals surface area contributed by atoms with Gasteiger partial charge in [-0.1, -0.05) is 48.3 Å². The molecule has 33 heavy (non-hydrogen) atoms. The first-order valence-electron chi connectivity index (χ1n) is 10.4. The molecule has 2 aromatic carbocycles. The van der Waals surface area contributed by atoms with Crippen LogP contribution in [0.5, 0.6) is 0 Å². The Balaban J connectivity index is 2.49. The highest BCUT2D eigenvalue weighted by molar-refractivity contribution is 7.92. The van der Waals surface area contributed by atoms with Gasteiger partial charge >= 0.3 is 0 Å². The molecule has 1 atom stereocenters. The molecule has 0 saturated heterocycles. The van der Waals surface area contributed by atoms with E-state index < -0.39 is 28.5 Å². The van der Waals surface area contributed by atoms with Crippen molar-refractivity contribution >= 4 is 50.7 Å². The van der Waals surface area contributed by atoms with Crippen LogP contribution in [0.15, 0.2) is 36.4 Å². The van der Waals surface area contributed by atoms with E-state index in [2.05, 4.69) is 5.32 Å². The summed E-state index contributed by atoms with van der Waals surface area (Å²) in [5.41, 5.74) is 2.74. The van der Waals surface area contributed by atoms with Crippen LogP contribution in [-0.2, 0) is 26.2 Å². The van der Waals surface area contributed by atoms with Gasteiger partial charge < -0.3 is 10.2 Å². The summed E-state index contributed by atoms with van der Waals surface area (Å²) in [5.74, 6) is -0.855. The Morgan fingerprint density at radius 1 is 1.09 bits per heavy atom. The zero-order valence-corrected chi connectivity index (χ0v) is 21.7. The maximum atomic E-state index is 13.5. The molecule has 180 valence electrons. The molecule has 7 nitrogen and oxygen atoms in total. The lowest BCUT2D eigenvalue weighted by Crippen LogP contribution is -2.51. The zero-order chi connectivity index (χ0) is 24.9. The van der Waals surface area contributed by atoms with Gasteiger partial charge in [-0.25, -0.2) is 8.42 Å². The van der Waals surface area contributed by atoms with Crippen LogP contribution in [0.1, 0.15) is 30.0 Å². The number of carbonyl (C=O) groups excluding carboxylic acids is 2. The van der Waals surface area contributed by atoms with Crippen molar-refractivity contribution in [2.75, 3.05) is 24.2 Å². The standard InChI is InChI=1S/C23H29Cl2N3O4S/c1-6-20(23(30)26-4)27(13-17-10-11-18(24)19(25)12-17)22(29)14-28(33(5,31)32)21-9-7-8-15(2)16(21)3/h7-12,20H,6,13-14H2,1-5H3,(H,26,30). The molecular formula is C23H29Cl2N3O4S. The number of nitrogens with zero attached hydrogens (tertiary/aromatic N) is 2. The van der Waals surface area contributed by atoms with E-state index >= 15 is 0 Å². The molecule has 0 bridgehead atoms. The Kier molecular flexibility index (Phi) is 9.17. The number of benzene rings is 2. The Bertz CT molecular complexity index is 1140. The fourth-order valence-electron chi connectivity index (χ4n) is 3.52. The van der Waals surface area contributed by atoms with Crippen molar-refractivity contribution in [3.63, 3.8) is 0 Å². The Morgan fingerprint density at radius 2 is 1.76 bits per heavy atom. The topological polar surface area (TPSA) is 86.8 Å². The number of halogens is 2. The molecule has 2 amide bonds. The summed E-state index contributed by atoms with van der Waals surface area (Å²) in [4.78, 5) is 27.5. The molecule has 2 aromatic rings. The molecule has 0 aliphatic carbocycles. The first-order valence-corrected chi connectivity index (χ1v) is 13.0. The lowest BCUT2D eigenvalue weighted by molar-refractivity contribution is -0.140. The number of nitrogens with one attached hydrogen (secondary N) is 1. The number of hydrogen-bond acceptors (Lipinski definition) is 4. The SMILES string of the molecule is CCC(C(=O)NC)N(Cc1ccc(Cl)c(Cl)c1)C(=O)CN(c1cccc(C)c1C)S(C)(=O)=O. The van der Waals surface area contributed by atoms with Crippen LogP contribution in [0.4, 0.5) is 5.69 Å². The fraction of sp³-hybridized carbons (Fsp3) is 0.391. The Morgan fingerprint density at radius 3 is 2.30 bits per heavy atom. The highest BCUT2D eigenvalue weighted by Gasteiger charge is 2.31. The van der Waals surface area contributed by atoms with Crippen LogP contribution < -0.4 is 9.62 Å². The highest BCUT2D eigenvalue weighted by atomic mass is 35.5. The zero-order valence-electron chi connectivity index (χ0n) is 19.4. The molecule has 1 unspecified atom stereocenters. The third-order valence-corrected chi connectivity index (χ3v) is 7.36. The predicted octanol–water partition coefficient (Wildman–Crippen LogP) is 3.93. The third kappa shape index (κ3) is 6.62. The van der Waals surface area contributed by atoms with E-state index in [0.717, 1.165) is 21.7 Å². The number of aryl methyl sites for hydroxylation is 1. The number of likely N-dealkylation sites (N-methyl/N-ethyl adjacent to an activating group) is 1. The second-order valence-electron chi connectivity index (χ2n) is 7.80. The van der Waals surface area contributed by atoms with E-state index in [1.165, 1.54) is 11.9 Å². The molecule has 0 spiro atoms.